The Morgan fingerprint density at radius 2 is 1.96 bits per heavy atom. The Balaban J connectivity index is 0.00000169. The van der Waals surface area contributed by atoms with Crippen molar-refractivity contribution >= 4 is 42.5 Å². The summed E-state index contributed by atoms with van der Waals surface area (Å²) in [5.41, 5.74) is 6.20. The number of hydrogen-bond donors (Lipinski definition) is 2. The molecule has 8 heteroatoms. The lowest BCUT2D eigenvalue weighted by molar-refractivity contribution is -0.127. The lowest BCUT2D eigenvalue weighted by atomic mass is 9.91. The van der Waals surface area contributed by atoms with Crippen LogP contribution in [0.25, 0.3) is 0 Å². The van der Waals surface area contributed by atoms with Crippen LogP contribution in [0.3, 0.4) is 0 Å². The first kappa shape index (κ1) is 23.5. The molecule has 2 unspecified atom stereocenters. The molecule has 0 radical (unpaired) electrons. The van der Waals surface area contributed by atoms with Crippen molar-refractivity contribution in [1.82, 2.24) is 10.2 Å². The molecule has 5 nitrogen and oxygen atoms in total. The van der Waals surface area contributed by atoms with Crippen LogP contribution < -0.4 is 11.1 Å². The molecule has 2 atom stereocenters. The van der Waals surface area contributed by atoms with E-state index >= 15 is 0 Å². The van der Waals surface area contributed by atoms with Crippen LogP contribution >= 0.6 is 36.6 Å². The fraction of sp³-hybridized carbons (Fsp3) is 0.611. The maximum absolute atomic E-state index is 12.8. The standard InChI is InChI=1S/C18H27N3O2S.2ClH/c1-17(19,15-5-3-2-4-6-15)16(22)20-13-18(7-12-24-14-18)21-8-10-23-11-9-21;;/h2-6H,7-14,19H2,1H3,(H,20,22);2*1H. The average molecular weight is 422 g/mol. The Kier molecular flexibility index (Phi) is 9.19. The molecule has 0 bridgehead atoms. The molecule has 0 spiro atoms. The number of nitrogens with one attached hydrogen (secondary N) is 1. The van der Waals surface area contributed by atoms with Crippen molar-refractivity contribution in [2.24, 2.45) is 5.73 Å². The van der Waals surface area contributed by atoms with Crippen molar-refractivity contribution in [3.8, 4) is 0 Å². The molecule has 1 aromatic carbocycles. The number of benzene rings is 1. The number of carbonyl (C=O) groups is 1. The number of halogens is 2. The molecule has 1 aromatic rings. The third kappa shape index (κ3) is 5.06. The van der Waals surface area contributed by atoms with Crippen LogP contribution in [0.2, 0.25) is 0 Å². The highest BCUT2D eigenvalue weighted by atomic mass is 35.5. The average Bonchev–Trinajstić information content (AvgIpc) is 3.11. The van der Waals surface area contributed by atoms with Crippen LogP contribution in [0.4, 0.5) is 0 Å². The van der Waals surface area contributed by atoms with Gasteiger partial charge in [0.05, 0.1) is 13.2 Å². The van der Waals surface area contributed by atoms with Gasteiger partial charge in [-0.05, 0) is 24.7 Å². The highest BCUT2D eigenvalue weighted by Crippen LogP contribution is 2.33. The summed E-state index contributed by atoms with van der Waals surface area (Å²) >= 11 is 1.97. The van der Waals surface area contributed by atoms with Gasteiger partial charge in [-0.25, -0.2) is 0 Å². The van der Waals surface area contributed by atoms with Crippen LogP contribution in [0.1, 0.15) is 18.9 Å². The number of thioether (sulfide) groups is 1. The molecular weight excluding hydrogens is 393 g/mol. The molecule has 2 fully saturated rings. The summed E-state index contributed by atoms with van der Waals surface area (Å²) in [5.74, 6) is 2.09. The molecular formula is C18H29Cl2N3O2S. The fourth-order valence-corrected chi connectivity index (χ4v) is 4.96. The van der Waals surface area contributed by atoms with E-state index < -0.39 is 5.54 Å². The van der Waals surface area contributed by atoms with E-state index in [2.05, 4.69) is 10.2 Å². The van der Waals surface area contributed by atoms with Crippen LogP contribution in [-0.4, -0.2) is 60.7 Å². The first-order valence-electron chi connectivity index (χ1n) is 8.58. The van der Waals surface area contributed by atoms with Gasteiger partial charge in [-0.15, -0.1) is 24.8 Å². The Hall–Kier alpha value is -0.500. The molecule has 26 heavy (non-hydrogen) atoms. The van der Waals surface area contributed by atoms with E-state index in [9.17, 15) is 4.79 Å². The number of amides is 1. The predicted octanol–water partition coefficient (Wildman–Crippen LogP) is 2.03. The topological polar surface area (TPSA) is 67.6 Å². The van der Waals surface area contributed by atoms with Crippen molar-refractivity contribution < 1.29 is 9.53 Å². The Morgan fingerprint density at radius 1 is 1.31 bits per heavy atom. The largest absolute Gasteiger partial charge is 0.379 e. The minimum atomic E-state index is -1.01. The molecule has 0 saturated carbocycles. The van der Waals surface area contributed by atoms with E-state index in [0.717, 1.165) is 49.8 Å². The number of rotatable bonds is 5. The summed E-state index contributed by atoms with van der Waals surface area (Å²) in [6, 6.07) is 9.57. The van der Waals surface area contributed by atoms with Gasteiger partial charge in [0.2, 0.25) is 5.91 Å². The SMILES string of the molecule is CC(N)(C(=O)NCC1(N2CCOCC2)CCSC1)c1ccccc1.Cl.Cl. The number of ether oxygens (including phenoxy) is 1. The van der Waals surface area contributed by atoms with Gasteiger partial charge in [0.1, 0.15) is 5.54 Å². The monoisotopic (exact) mass is 421 g/mol. The van der Waals surface area contributed by atoms with Gasteiger partial charge in [-0.2, -0.15) is 11.8 Å². The number of morpholine rings is 1. The van der Waals surface area contributed by atoms with Crippen LogP contribution in [0, 0.1) is 0 Å². The molecule has 148 valence electrons. The summed E-state index contributed by atoms with van der Waals surface area (Å²) in [4.78, 5) is 15.3. The zero-order chi connectivity index (χ0) is 17.0. The van der Waals surface area contributed by atoms with Gasteiger partial charge in [0, 0.05) is 30.9 Å². The summed E-state index contributed by atoms with van der Waals surface area (Å²) < 4.78 is 5.49. The molecule has 0 aliphatic carbocycles. The van der Waals surface area contributed by atoms with Crippen molar-refractivity contribution in [2.45, 2.75) is 24.4 Å². The summed E-state index contributed by atoms with van der Waals surface area (Å²) in [6.07, 6.45) is 1.10. The second kappa shape index (κ2) is 10.2. The van der Waals surface area contributed by atoms with Crippen molar-refractivity contribution in [2.75, 3.05) is 44.4 Å². The first-order valence-corrected chi connectivity index (χ1v) is 9.73. The Morgan fingerprint density at radius 3 is 2.54 bits per heavy atom. The van der Waals surface area contributed by atoms with Crippen LogP contribution in [-0.2, 0) is 15.1 Å². The number of nitrogens with two attached hydrogens (primary N) is 1. The summed E-state index contributed by atoms with van der Waals surface area (Å²) in [6.45, 7) is 5.86. The lowest BCUT2D eigenvalue weighted by Crippen LogP contribution is -2.61. The molecule has 2 heterocycles. The smallest absolute Gasteiger partial charge is 0.244 e. The van der Waals surface area contributed by atoms with Gasteiger partial charge in [-0.1, -0.05) is 30.3 Å². The van der Waals surface area contributed by atoms with Gasteiger partial charge >= 0.3 is 0 Å². The lowest BCUT2D eigenvalue weighted by Gasteiger charge is -2.43. The second-order valence-corrected chi connectivity index (χ2v) is 7.98. The van der Waals surface area contributed by atoms with Crippen molar-refractivity contribution in [3.05, 3.63) is 35.9 Å². The van der Waals surface area contributed by atoms with Crippen LogP contribution in [0.5, 0.6) is 0 Å². The summed E-state index contributed by atoms with van der Waals surface area (Å²) in [5, 5.41) is 3.14. The Labute approximate surface area is 172 Å². The highest BCUT2D eigenvalue weighted by molar-refractivity contribution is 7.99. The van der Waals surface area contributed by atoms with Gasteiger partial charge < -0.3 is 15.8 Å². The number of hydrogen-bond acceptors (Lipinski definition) is 5. The van der Waals surface area contributed by atoms with E-state index in [4.69, 9.17) is 10.5 Å². The number of carbonyl (C=O) groups excluding carboxylic acids is 1. The predicted molar refractivity (Wildman–Crippen MR) is 113 cm³/mol. The molecule has 3 rings (SSSR count). The maximum atomic E-state index is 12.8. The highest BCUT2D eigenvalue weighted by Gasteiger charge is 2.42. The third-order valence-electron chi connectivity index (χ3n) is 5.19. The molecule has 3 N–H and O–H groups in total. The fourth-order valence-electron chi connectivity index (χ4n) is 3.48. The maximum Gasteiger partial charge on any atom is 0.244 e. The van der Waals surface area contributed by atoms with Crippen molar-refractivity contribution in [1.29, 1.82) is 0 Å². The van der Waals surface area contributed by atoms with E-state index in [1.54, 1.807) is 6.92 Å². The quantitative estimate of drug-likeness (QED) is 0.760. The number of nitrogens with zero attached hydrogens (tertiary/aromatic N) is 1. The zero-order valence-corrected chi connectivity index (χ0v) is 17.6. The molecule has 1 amide bonds. The minimum absolute atomic E-state index is 0. The summed E-state index contributed by atoms with van der Waals surface area (Å²) in [7, 11) is 0. The van der Waals surface area contributed by atoms with Gasteiger partial charge in [0.15, 0.2) is 0 Å². The molecule has 2 aliphatic rings. The molecule has 0 aromatic heterocycles. The van der Waals surface area contributed by atoms with E-state index in [1.807, 2.05) is 42.1 Å². The van der Waals surface area contributed by atoms with E-state index in [1.165, 1.54) is 0 Å². The Bertz CT molecular complexity index is 563. The zero-order valence-electron chi connectivity index (χ0n) is 15.1. The second-order valence-electron chi connectivity index (χ2n) is 6.88. The third-order valence-corrected chi connectivity index (χ3v) is 6.42. The van der Waals surface area contributed by atoms with Gasteiger partial charge in [0.25, 0.3) is 0 Å². The minimum Gasteiger partial charge on any atom is -0.379 e. The van der Waals surface area contributed by atoms with Crippen LogP contribution in [0.15, 0.2) is 30.3 Å². The van der Waals surface area contributed by atoms with Crippen molar-refractivity contribution in [3.63, 3.8) is 0 Å². The van der Waals surface area contributed by atoms with Gasteiger partial charge in [-0.3, -0.25) is 9.69 Å². The normalized spacial score (nSPS) is 25.5. The van der Waals surface area contributed by atoms with E-state index in [0.29, 0.717) is 6.54 Å². The first-order chi connectivity index (χ1) is 11.5. The van der Waals surface area contributed by atoms with E-state index in [-0.39, 0.29) is 36.3 Å². The molecule has 2 saturated heterocycles. The molecule has 2 aliphatic heterocycles.